The van der Waals surface area contributed by atoms with Gasteiger partial charge in [-0.3, -0.25) is 19.7 Å². The van der Waals surface area contributed by atoms with Crippen molar-refractivity contribution < 1.29 is 19.2 Å². The Bertz CT molecular complexity index is 1290. The molecule has 0 radical (unpaired) electrons. The minimum atomic E-state index is -1.42. The van der Waals surface area contributed by atoms with Gasteiger partial charge in [-0.05, 0) is 48.1 Å². The number of ether oxygens (including phenoxy) is 1. The lowest BCUT2D eigenvalue weighted by Crippen LogP contribution is -2.56. The lowest BCUT2D eigenvalue weighted by atomic mass is 9.85. The number of nitrogens with one attached hydrogen (secondary N) is 1. The van der Waals surface area contributed by atoms with E-state index in [1.165, 1.54) is 23.5 Å². The van der Waals surface area contributed by atoms with Crippen molar-refractivity contribution in [1.29, 1.82) is 0 Å². The summed E-state index contributed by atoms with van der Waals surface area (Å²) in [4.78, 5) is 41.5. The molecule has 1 aliphatic carbocycles. The highest BCUT2D eigenvalue weighted by molar-refractivity contribution is 7.10. The zero-order valence-electron chi connectivity index (χ0n) is 19.9. The maximum absolute atomic E-state index is 14.3. The van der Waals surface area contributed by atoms with E-state index in [1.54, 1.807) is 18.1 Å². The Morgan fingerprint density at radius 3 is 2.56 bits per heavy atom. The molecule has 1 N–H and O–H groups in total. The third kappa shape index (κ3) is 4.03. The number of carbonyl (C=O) groups is 2. The highest BCUT2D eigenvalue weighted by Crippen LogP contribution is 2.48. The van der Waals surface area contributed by atoms with Gasteiger partial charge in [-0.15, -0.1) is 11.3 Å². The van der Waals surface area contributed by atoms with Crippen molar-refractivity contribution >= 4 is 28.8 Å². The summed E-state index contributed by atoms with van der Waals surface area (Å²) in [6.07, 6.45) is 5.04. The van der Waals surface area contributed by atoms with E-state index in [2.05, 4.69) is 5.32 Å². The van der Waals surface area contributed by atoms with Crippen LogP contribution in [0.3, 0.4) is 0 Å². The molecule has 1 unspecified atom stereocenters. The molecule has 1 aliphatic heterocycles. The summed E-state index contributed by atoms with van der Waals surface area (Å²) in [6, 6.07) is 15.3. The largest absolute Gasteiger partial charge is 0.497 e. The molecule has 1 aromatic heterocycles. The first-order chi connectivity index (χ1) is 17.4. The summed E-state index contributed by atoms with van der Waals surface area (Å²) in [5, 5.41) is 16.6. The highest BCUT2D eigenvalue weighted by Gasteiger charge is 2.57. The molecule has 186 valence electrons. The van der Waals surface area contributed by atoms with E-state index in [-0.39, 0.29) is 29.7 Å². The van der Waals surface area contributed by atoms with Gasteiger partial charge >= 0.3 is 0 Å². The van der Waals surface area contributed by atoms with Crippen LogP contribution in [0.5, 0.6) is 5.75 Å². The summed E-state index contributed by atoms with van der Waals surface area (Å²) in [5.41, 5.74) is -0.126. The van der Waals surface area contributed by atoms with E-state index >= 15 is 0 Å². The summed E-state index contributed by atoms with van der Waals surface area (Å²) < 4.78 is 5.26. The molecule has 8 nitrogen and oxygen atoms in total. The van der Waals surface area contributed by atoms with Crippen molar-refractivity contribution in [2.75, 3.05) is 7.11 Å². The zero-order valence-corrected chi connectivity index (χ0v) is 20.8. The van der Waals surface area contributed by atoms with Crippen LogP contribution in [-0.2, 0) is 16.9 Å². The van der Waals surface area contributed by atoms with Crippen molar-refractivity contribution in [2.45, 2.75) is 50.2 Å². The number of nitrogens with zero attached hydrogens (tertiary/aromatic N) is 2. The van der Waals surface area contributed by atoms with E-state index in [1.807, 2.05) is 41.8 Å². The van der Waals surface area contributed by atoms with Gasteiger partial charge in [0.15, 0.2) is 5.54 Å². The van der Waals surface area contributed by atoms with Crippen LogP contribution in [-0.4, -0.2) is 34.8 Å². The van der Waals surface area contributed by atoms with Gasteiger partial charge in [-0.25, -0.2) is 0 Å². The second-order valence-corrected chi connectivity index (χ2v) is 10.2. The van der Waals surface area contributed by atoms with Gasteiger partial charge in [0.25, 0.3) is 17.5 Å². The van der Waals surface area contributed by atoms with Crippen molar-refractivity contribution in [3.05, 3.63) is 91.7 Å². The standard InChI is InChI=1S/C27H27N3O5S/c1-35-21-12-9-18(10-13-21)17-29-25(31)22-16-20(30(33)34)11-14-23(22)27(29,24-8-5-15-36-24)26(32)28-19-6-3-2-4-7-19/h5,8-16,19H,2-4,6-7,17H2,1H3,(H,28,32). The molecular formula is C27H27N3O5S. The average Bonchev–Trinajstić information content (AvgIpc) is 3.51. The summed E-state index contributed by atoms with van der Waals surface area (Å²) in [6.45, 7) is 0.154. The molecule has 0 saturated heterocycles. The monoisotopic (exact) mass is 505 g/mol. The molecule has 2 amide bonds. The van der Waals surface area contributed by atoms with Gasteiger partial charge in [0.1, 0.15) is 5.75 Å². The van der Waals surface area contributed by atoms with Crippen molar-refractivity contribution in [3.8, 4) is 5.75 Å². The van der Waals surface area contributed by atoms with Crippen LogP contribution < -0.4 is 10.1 Å². The minimum Gasteiger partial charge on any atom is -0.497 e. The van der Waals surface area contributed by atoms with E-state index in [4.69, 9.17) is 4.74 Å². The molecule has 1 saturated carbocycles. The fourth-order valence-corrected chi connectivity index (χ4v) is 6.27. The second kappa shape index (κ2) is 9.73. The zero-order chi connectivity index (χ0) is 25.3. The third-order valence-electron chi connectivity index (χ3n) is 7.13. The maximum Gasteiger partial charge on any atom is 0.270 e. The fourth-order valence-electron chi connectivity index (χ4n) is 5.33. The summed E-state index contributed by atoms with van der Waals surface area (Å²) >= 11 is 1.40. The molecule has 2 aliphatic rings. The van der Waals surface area contributed by atoms with Gasteiger partial charge in [0.05, 0.1) is 17.6 Å². The number of carbonyl (C=O) groups excluding carboxylic acids is 2. The van der Waals surface area contributed by atoms with Crippen LogP contribution in [0.4, 0.5) is 5.69 Å². The number of rotatable bonds is 7. The van der Waals surface area contributed by atoms with Gasteiger partial charge in [-0.1, -0.05) is 37.5 Å². The van der Waals surface area contributed by atoms with Gasteiger partial charge in [0, 0.05) is 35.2 Å². The van der Waals surface area contributed by atoms with Gasteiger partial charge in [0.2, 0.25) is 0 Å². The molecule has 2 aromatic carbocycles. The number of non-ortho nitro benzene ring substituents is 1. The molecule has 0 spiro atoms. The first-order valence-corrected chi connectivity index (χ1v) is 12.9. The molecule has 1 fully saturated rings. The number of nitro benzene ring substituents is 1. The van der Waals surface area contributed by atoms with Crippen LogP contribution >= 0.6 is 11.3 Å². The van der Waals surface area contributed by atoms with E-state index in [9.17, 15) is 19.7 Å². The predicted molar refractivity (Wildman–Crippen MR) is 136 cm³/mol. The molecule has 2 heterocycles. The Hall–Kier alpha value is -3.72. The molecule has 3 aromatic rings. The van der Waals surface area contributed by atoms with Crippen molar-refractivity contribution in [1.82, 2.24) is 10.2 Å². The smallest absolute Gasteiger partial charge is 0.270 e. The molecular weight excluding hydrogens is 478 g/mol. The van der Waals surface area contributed by atoms with Crippen molar-refractivity contribution in [2.24, 2.45) is 0 Å². The van der Waals surface area contributed by atoms with Crippen LogP contribution in [0, 0.1) is 10.1 Å². The number of fused-ring (bicyclic) bond motifs is 1. The average molecular weight is 506 g/mol. The van der Waals surface area contributed by atoms with Crippen LogP contribution in [0.2, 0.25) is 0 Å². The Labute approximate surface area is 213 Å². The molecule has 0 bridgehead atoms. The van der Waals surface area contributed by atoms with Crippen LogP contribution in [0.25, 0.3) is 0 Å². The molecule has 9 heteroatoms. The van der Waals surface area contributed by atoms with E-state index in [0.29, 0.717) is 16.2 Å². The molecule has 5 rings (SSSR count). The predicted octanol–water partition coefficient (Wildman–Crippen LogP) is 5.01. The van der Waals surface area contributed by atoms with Gasteiger partial charge < -0.3 is 15.0 Å². The Balaban J connectivity index is 1.66. The first kappa shape index (κ1) is 24.0. The molecule has 36 heavy (non-hydrogen) atoms. The fraction of sp³-hybridized carbons (Fsp3) is 0.333. The van der Waals surface area contributed by atoms with Crippen molar-refractivity contribution in [3.63, 3.8) is 0 Å². The quantitative estimate of drug-likeness (QED) is 0.359. The summed E-state index contributed by atoms with van der Waals surface area (Å²) in [5.74, 6) is 0.00741. The number of hydrogen-bond donors (Lipinski definition) is 1. The maximum atomic E-state index is 14.3. The third-order valence-corrected chi connectivity index (χ3v) is 8.11. The first-order valence-electron chi connectivity index (χ1n) is 12.0. The Morgan fingerprint density at radius 2 is 1.92 bits per heavy atom. The number of methoxy groups -OCH3 is 1. The SMILES string of the molecule is COc1ccc(CN2C(=O)c3cc([N+](=O)[O-])ccc3C2(C(=O)NC2CCCCC2)c2cccs2)cc1. The number of thiophene rings is 1. The topological polar surface area (TPSA) is 102 Å². The van der Waals surface area contributed by atoms with E-state index in [0.717, 1.165) is 37.7 Å². The Kier molecular flexibility index (Phi) is 6.49. The molecule has 1 atom stereocenters. The van der Waals surface area contributed by atoms with Gasteiger partial charge in [-0.2, -0.15) is 0 Å². The Morgan fingerprint density at radius 1 is 1.17 bits per heavy atom. The number of hydrogen-bond acceptors (Lipinski definition) is 6. The second-order valence-electron chi connectivity index (χ2n) is 9.22. The normalized spacial score (nSPS) is 19.7. The van der Waals surface area contributed by atoms with Crippen LogP contribution in [0.15, 0.2) is 60.0 Å². The summed E-state index contributed by atoms with van der Waals surface area (Å²) in [7, 11) is 1.58. The van der Waals surface area contributed by atoms with Crippen LogP contribution in [0.1, 0.15) is 58.5 Å². The number of benzene rings is 2. The lowest BCUT2D eigenvalue weighted by Gasteiger charge is -2.39. The minimum absolute atomic E-state index is 0.0307. The lowest BCUT2D eigenvalue weighted by molar-refractivity contribution is -0.384. The van der Waals surface area contributed by atoms with E-state index < -0.39 is 16.4 Å². The highest BCUT2D eigenvalue weighted by atomic mass is 32.1. The number of amides is 2. The number of nitro groups is 1.